The Kier molecular flexibility index (Phi) is 34.2. The van der Waals surface area contributed by atoms with E-state index in [4.69, 9.17) is 0 Å². The summed E-state index contributed by atoms with van der Waals surface area (Å²) in [5, 5.41) is 2.75. The number of hydrogen-bond donors (Lipinski definition) is 1. The van der Waals surface area contributed by atoms with Crippen LogP contribution in [0.3, 0.4) is 0 Å². The second kappa shape index (κ2) is 14.8. The zero-order chi connectivity index (χ0) is 2.71. The Balaban J connectivity index is 0. The van der Waals surface area contributed by atoms with E-state index >= 15 is 0 Å². The van der Waals surface area contributed by atoms with E-state index < -0.39 is 0 Å². The summed E-state index contributed by atoms with van der Waals surface area (Å²) in [5.41, 5.74) is 0. The SMILES string of the molecule is C=NN.Cl. The molecule has 2 N–H and O–H groups in total. The highest BCUT2D eigenvalue weighted by atomic mass is 35.5. The molecule has 0 aromatic heterocycles. The monoisotopic (exact) mass is 80.0 g/mol. The zero-order valence-electron chi connectivity index (χ0n) is 2.14. The maximum atomic E-state index is 4.36. The average molecular weight is 80.5 g/mol. The summed E-state index contributed by atoms with van der Waals surface area (Å²) in [4.78, 5) is 0. The van der Waals surface area contributed by atoms with Gasteiger partial charge >= 0.3 is 0 Å². The molecule has 0 saturated carbocycles. The van der Waals surface area contributed by atoms with Gasteiger partial charge in [-0.15, -0.1) is 12.4 Å². The van der Waals surface area contributed by atoms with Crippen LogP contribution in [0.5, 0.6) is 0 Å². The number of hydrazone groups is 1. The molecule has 0 radical (unpaired) electrons. The van der Waals surface area contributed by atoms with E-state index in [9.17, 15) is 0 Å². The highest BCUT2D eigenvalue weighted by molar-refractivity contribution is 5.85. The molecule has 0 unspecified atom stereocenters. The molecule has 0 spiro atoms. The molecular formula is CH5ClN2. The highest BCUT2D eigenvalue weighted by Crippen LogP contribution is 1.05. The first-order valence-corrected chi connectivity index (χ1v) is 0.574. The molecule has 0 amide bonds. The molecule has 0 aliphatic rings. The average Bonchev–Trinajstić information content (AvgIpc) is 0.918. The summed E-state index contributed by atoms with van der Waals surface area (Å²) in [7, 11) is 0. The van der Waals surface area contributed by atoms with Crippen molar-refractivity contribution < 1.29 is 0 Å². The fourth-order valence-corrected chi connectivity index (χ4v) is 0. The van der Waals surface area contributed by atoms with Crippen molar-refractivity contribution in [2.45, 2.75) is 0 Å². The van der Waals surface area contributed by atoms with Crippen molar-refractivity contribution in [3.63, 3.8) is 0 Å². The van der Waals surface area contributed by atoms with E-state index in [1.54, 1.807) is 0 Å². The lowest BCUT2D eigenvalue weighted by Crippen LogP contribution is -1.68. The second-order valence-corrected chi connectivity index (χ2v) is 0.183. The quantitative estimate of drug-likeness (QED) is 0.248. The van der Waals surface area contributed by atoms with Crippen LogP contribution in [0.4, 0.5) is 0 Å². The van der Waals surface area contributed by atoms with Crippen LogP contribution in [0.2, 0.25) is 0 Å². The number of hydrogen-bond acceptors (Lipinski definition) is 2. The first-order chi connectivity index (χ1) is 1.41. The lowest BCUT2D eigenvalue weighted by Gasteiger charge is -1.44. The maximum Gasteiger partial charge on any atom is 0.0102 e. The Morgan fingerprint density at radius 3 is 1.75 bits per heavy atom. The van der Waals surface area contributed by atoms with Crippen molar-refractivity contribution in [1.29, 1.82) is 0 Å². The molecule has 3 heteroatoms. The van der Waals surface area contributed by atoms with Crippen LogP contribution in [-0.4, -0.2) is 6.72 Å². The maximum absolute atomic E-state index is 4.36. The Bertz CT molecular complexity index is 13.5. The van der Waals surface area contributed by atoms with Crippen LogP contribution >= 0.6 is 12.4 Å². The van der Waals surface area contributed by atoms with Gasteiger partial charge in [-0.25, -0.2) is 0 Å². The first-order valence-electron chi connectivity index (χ1n) is 0.574. The van der Waals surface area contributed by atoms with Crippen LogP contribution < -0.4 is 5.84 Å². The molecule has 0 bridgehead atoms. The van der Waals surface area contributed by atoms with Crippen LogP contribution in [0.25, 0.3) is 0 Å². The van der Waals surface area contributed by atoms with E-state index in [2.05, 4.69) is 17.7 Å². The molecule has 0 aromatic rings. The standard InChI is InChI=1S/CH4N2.ClH/c1-3-2;/h1-2H2;1H. The van der Waals surface area contributed by atoms with Gasteiger partial charge in [0.2, 0.25) is 0 Å². The minimum absolute atomic E-state index is 0. The summed E-state index contributed by atoms with van der Waals surface area (Å²) in [6, 6.07) is 0. The molecule has 0 heterocycles. The third-order valence-corrected chi connectivity index (χ3v) is 0. The third-order valence-electron chi connectivity index (χ3n) is 0. The van der Waals surface area contributed by atoms with Gasteiger partial charge in [0.25, 0.3) is 0 Å². The van der Waals surface area contributed by atoms with Crippen molar-refractivity contribution in [3.8, 4) is 0 Å². The number of nitrogens with two attached hydrogens (primary N) is 1. The van der Waals surface area contributed by atoms with E-state index in [0.29, 0.717) is 0 Å². The van der Waals surface area contributed by atoms with Crippen LogP contribution in [0.15, 0.2) is 5.10 Å². The Morgan fingerprint density at radius 2 is 1.75 bits per heavy atom. The Labute approximate surface area is 31.1 Å². The fourth-order valence-electron chi connectivity index (χ4n) is 0. The number of halogens is 1. The van der Waals surface area contributed by atoms with Crippen molar-refractivity contribution >= 4 is 19.1 Å². The smallest absolute Gasteiger partial charge is 0.0102 e. The molecule has 2 nitrogen and oxygen atoms in total. The Morgan fingerprint density at radius 1 is 1.75 bits per heavy atom. The lowest BCUT2D eigenvalue weighted by molar-refractivity contribution is 1.28. The van der Waals surface area contributed by atoms with Crippen LogP contribution in [0, 0.1) is 0 Å². The Hall–Kier alpha value is -0.240. The van der Waals surface area contributed by atoms with Gasteiger partial charge in [-0.05, 0) is 0 Å². The van der Waals surface area contributed by atoms with Crippen molar-refractivity contribution in [2.24, 2.45) is 10.9 Å². The normalized spacial score (nSPS) is 3.00. The van der Waals surface area contributed by atoms with E-state index in [1.165, 1.54) is 0 Å². The highest BCUT2D eigenvalue weighted by Gasteiger charge is 1.03. The predicted molar refractivity (Wildman–Crippen MR) is 21.0 cm³/mol. The summed E-state index contributed by atoms with van der Waals surface area (Å²) in [6.45, 7) is 2.89. The summed E-state index contributed by atoms with van der Waals surface area (Å²) >= 11 is 0. The molecule has 0 aromatic carbocycles. The van der Waals surface area contributed by atoms with E-state index in [1.807, 2.05) is 0 Å². The van der Waals surface area contributed by atoms with Crippen molar-refractivity contribution in [2.75, 3.05) is 0 Å². The molecule has 0 saturated heterocycles. The van der Waals surface area contributed by atoms with Gasteiger partial charge in [-0.2, -0.15) is 5.10 Å². The molecule has 0 aliphatic heterocycles. The zero-order valence-corrected chi connectivity index (χ0v) is 2.96. The summed E-state index contributed by atoms with van der Waals surface area (Å²) in [6.07, 6.45) is 0. The molecule has 0 fully saturated rings. The van der Waals surface area contributed by atoms with E-state index in [0.717, 1.165) is 0 Å². The van der Waals surface area contributed by atoms with Gasteiger partial charge in [0.15, 0.2) is 0 Å². The summed E-state index contributed by atoms with van der Waals surface area (Å²) < 4.78 is 0. The van der Waals surface area contributed by atoms with Crippen LogP contribution in [0.1, 0.15) is 0 Å². The van der Waals surface area contributed by atoms with Gasteiger partial charge in [-0.1, -0.05) is 0 Å². The molecule has 0 aliphatic carbocycles. The minimum atomic E-state index is 0. The minimum Gasteiger partial charge on any atom is -0.324 e. The third kappa shape index (κ3) is 17.6. The van der Waals surface area contributed by atoms with Gasteiger partial charge in [-0.3, -0.25) is 0 Å². The number of rotatable bonds is 0. The molecule has 0 atom stereocenters. The van der Waals surface area contributed by atoms with E-state index in [-0.39, 0.29) is 12.4 Å². The van der Waals surface area contributed by atoms with Gasteiger partial charge < -0.3 is 5.84 Å². The largest absolute Gasteiger partial charge is 0.324 e. The van der Waals surface area contributed by atoms with Gasteiger partial charge in [0, 0.05) is 6.72 Å². The first kappa shape index (κ1) is 9.25. The van der Waals surface area contributed by atoms with Crippen molar-refractivity contribution in [1.82, 2.24) is 0 Å². The van der Waals surface area contributed by atoms with Crippen LogP contribution in [-0.2, 0) is 0 Å². The van der Waals surface area contributed by atoms with Gasteiger partial charge in [0.05, 0.1) is 0 Å². The molecule has 26 valence electrons. The number of nitrogens with zero attached hydrogens (tertiary/aromatic N) is 1. The van der Waals surface area contributed by atoms with Crippen molar-refractivity contribution in [3.05, 3.63) is 0 Å². The predicted octanol–water partition coefficient (Wildman–Crippen LogP) is -0.0175. The fraction of sp³-hybridized carbons (Fsp3) is 0. The lowest BCUT2D eigenvalue weighted by atomic mass is 11.7. The summed E-state index contributed by atoms with van der Waals surface area (Å²) in [5.74, 6) is 4.36. The molecule has 0 rings (SSSR count). The van der Waals surface area contributed by atoms with Gasteiger partial charge in [0.1, 0.15) is 0 Å². The second-order valence-electron chi connectivity index (χ2n) is 0.183. The molecule has 4 heavy (non-hydrogen) atoms. The molecular weight excluding hydrogens is 75.5 g/mol. The topological polar surface area (TPSA) is 38.4 Å².